The molecule has 9 heteroatoms. The standard InChI is InChI=1S/C19H21N3O5S/c1-22(2)19(24)15-7-5-11-20-18(15)28(25,26)21-17(23)14-10-9-13-12(14)6-4-8-16(13)27-3/h4-8,11,14H,9-10H2,1-3H3,(H,21,23). The Hall–Kier alpha value is -2.94. The third-order valence-corrected chi connectivity index (χ3v) is 5.97. The van der Waals surface area contributed by atoms with E-state index in [4.69, 9.17) is 4.74 Å². The van der Waals surface area contributed by atoms with Gasteiger partial charge >= 0.3 is 0 Å². The van der Waals surface area contributed by atoms with Crippen LogP contribution in [0.1, 0.15) is 33.8 Å². The van der Waals surface area contributed by atoms with E-state index in [0.29, 0.717) is 18.6 Å². The molecule has 0 radical (unpaired) electrons. The summed E-state index contributed by atoms with van der Waals surface area (Å²) >= 11 is 0. The number of hydrogen-bond donors (Lipinski definition) is 1. The number of nitrogens with one attached hydrogen (secondary N) is 1. The average molecular weight is 403 g/mol. The van der Waals surface area contributed by atoms with Gasteiger partial charge in [0.2, 0.25) is 5.91 Å². The fraction of sp³-hybridized carbons (Fsp3) is 0.316. The molecule has 1 N–H and O–H groups in total. The normalized spacial score (nSPS) is 15.6. The molecule has 2 amide bonds. The minimum Gasteiger partial charge on any atom is -0.496 e. The second-order valence-corrected chi connectivity index (χ2v) is 8.24. The first-order chi connectivity index (χ1) is 13.3. The molecule has 2 aromatic rings. The number of carbonyl (C=O) groups excluding carboxylic acids is 2. The maximum absolute atomic E-state index is 12.8. The van der Waals surface area contributed by atoms with Crippen molar-refractivity contribution >= 4 is 21.8 Å². The molecule has 28 heavy (non-hydrogen) atoms. The zero-order chi connectivity index (χ0) is 20.5. The molecule has 0 fully saturated rings. The van der Waals surface area contributed by atoms with Crippen LogP contribution < -0.4 is 9.46 Å². The van der Waals surface area contributed by atoms with Gasteiger partial charge in [-0.25, -0.2) is 9.71 Å². The van der Waals surface area contributed by atoms with Gasteiger partial charge in [0.15, 0.2) is 5.03 Å². The largest absolute Gasteiger partial charge is 0.496 e. The smallest absolute Gasteiger partial charge is 0.282 e. The highest BCUT2D eigenvalue weighted by molar-refractivity contribution is 7.90. The molecule has 0 aliphatic heterocycles. The summed E-state index contributed by atoms with van der Waals surface area (Å²) in [6.45, 7) is 0. The second-order valence-electron chi connectivity index (χ2n) is 6.64. The van der Waals surface area contributed by atoms with Gasteiger partial charge in [0.1, 0.15) is 5.75 Å². The van der Waals surface area contributed by atoms with Crippen LogP contribution in [0.4, 0.5) is 0 Å². The Labute approximate surface area is 163 Å². The minimum absolute atomic E-state index is 0.0960. The minimum atomic E-state index is -4.31. The fourth-order valence-electron chi connectivity index (χ4n) is 3.34. The highest BCUT2D eigenvalue weighted by Gasteiger charge is 2.34. The van der Waals surface area contributed by atoms with Crippen LogP contribution in [0, 0.1) is 0 Å². The molecule has 1 aliphatic carbocycles. The number of benzene rings is 1. The Balaban J connectivity index is 1.90. The van der Waals surface area contributed by atoms with Crippen LogP contribution in [0.5, 0.6) is 5.75 Å². The number of hydrogen-bond acceptors (Lipinski definition) is 6. The van der Waals surface area contributed by atoms with E-state index >= 15 is 0 Å². The number of nitrogens with zero attached hydrogens (tertiary/aromatic N) is 2. The summed E-state index contributed by atoms with van der Waals surface area (Å²) < 4.78 is 33.0. The van der Waals surface area contributed by atoms with Crippen molar-refractivity contribution in [3.05, 3.63) is 53.2 Å². The summed E-state index contributed by atoms with van der Waals surface area (Å²) in [7, 11) is 0.254. The van der Waals surface area contributed by atoms with E-state index < -0.39 is 32.8 Å². The fourth-order valence-corrected chi connectivity index (χ4v) is 4.49. The predicted octanol–water partition coefficient (Wildman–Crippen LogP) is 1.33. The Bertz CT molecular complexity index is 1030. The lowest BCUT2D eigenvalue weighted by atomic mass is 10.0. The summed E-state index contributed by atoms with van der Waals surface area (Å²) in [5, 5.41) is -0.467. The molecular formula is C19H21N3O5S. The van der Waals surface area contributed by atoms with Gasteiger partial charge < -0.3 is 9.64 Å². The maximum Gasteiger partial charge on any atom is 0.282 e. The second kappa shape index (κ2) is 7.59. The molecular weight excluding hydrogens is 382 g/mol. The number of ether oxygens (including phenoxy) is 1. The number of rotatable bonds is 5. The van der Waals surface area contributed by atoms with Crippen LogP contribution in [0.25, 0.3) is 0 Å². The lowest BCUT2D eigenvalue weighted by Gasteiger charge is -2.16. The molecule has 0 saturated carbocycles. The molecule has 148 valence electrons. The van der Waals surface area contributed by atoms with Gasteiger partial charge in [0, 0.05) is 20.3 Å². The SMILES string of the molecule is COc1cccc2c1CCC2C(=O)NS(=O)(=O)c1ncccc1C(=O)N(C)C. The van der Waals surface area contributed by atoms with Gasteiger partial charge in [0.25, 0.3) is 15.9 Å². The first-order valence-corrected chi connectivity index (χ1v) is 10.1. The van der Waals surface area contributed by atoms with Crippen molar-refractivity contribution in [2.24, 2.45) is 0 Å². The zero-order valence-corrected chi connectivity index (χ0v) is 16.6. The van der Waals surface area contributed by atoms with Crippen molar-refractivity contribution in [3.8, 4) is 5.75 Å². The lowest BCUT2D eigenvalue weighted by molar-refractivity contribution is -0.120. The van der Waals surface area contributed by atoms with Crippen molar-refractivity contribution in [2.45, 2.75) is 23.8 Å². The summed E-state index contributed by atoms with van der Waals surface area (Å²) in [6.07, 6.45) is 2.36. The van der Waals surface area contributed by atoms with Gasteiger partial charge in [-0.1, -0.05) is 12.1 Å². The number of fused-ring (bicyclic) bond motifs is 1. The summed E-state index contributed by atoms with van der Waals surface area (Å²) in [5.74, 6) is -1.10. The molecule has 1 heterocycles. The van der Waals surface area contributed by atoms with E-state index in [1.54, 1.807) is 19.2 Å². The van der Waals surface area contributed by atoms with E-state index in [0.717, 1.165) is 11.1 Å². The van der Waals surface area contributed by atoms with Crippen LogP contribution in [-0.4, -0.2) is 51.3 Å². The van der Waals surface area contributed by atoms with E-state index in [1.165, 1.54) is 37.3 Å². The quantitative estimate of drug-likeness (QED) is 0.807. The van der Waals surface area contributed by atoms with Crippen molar-refractivity contribution in [2.75, 3.05) is 21.2 Å². The highest BCUT2D eigenvalue weighted by Crippen LogP contribution is 2.38. The molecule has 1 aromatic carbocycles. The Morgan fingerprint density at radius 2 is 1.96 bits per heavy atom. The third kappa shape index (κ3) is 3.57. The molecule has 1 aliphatic rings. The molecule has 8 nitrogen and oxygen atoms in total. The Morgan fingerprint density at radius 3 is 2.64 bits per heavy atom. The number of sulfonamides is 1. The van der Waals surface area contributed by atoms with E-state index in [-0.39, 0.29) is 5.56 Å². The number of carbonyl (C=O) groups is 2. The molecule has 1 unspecified atom stereocenters. The first kappa shape index (κ1) is 19.8. The maximum atomic E-state index is 12.8. The van der Waals surface area contributed by atoms with Crippen molar-refractivity contribution < 1.29 is 22.7 Å². The highest BCUT2D eigenvalue weighted by atomic mass is 32.2. The Morgan fingerprint density at radius 1 is 1.21 bits per heavy atom. The first-order valence-electron chi connectivity index (χ1n) is 8.65. The van der Waals surface area contributed by atoms with Gasteiger partial charge in [0.05, 0.1) is 18.6 Å². The molecule has 0 bridgehead atoms. The van der Waals surface area contributed by atoms with E-state index in [2.05, 4.69) is 9.71 Å². The number of pyridine rings is 1. The van der Waals surface area contributed by atoms with Gasteiger partial charge in [-0.2, -0.15) is 8.42 Å². The topological polar surface area (TPSA) is 106 Å². The van der Waals surface area contributed by atoms with Crippen LogP contribution in [0.15, 0.2) is 41.6 Å². The van der Waals surface area contributed by atoms with Gasteiger partial charge in [-0.05, 0) is 42.2 Å². The number of aromatic nitrogens is 1. The van der Waals surface area contributed by atoms with Crippen LogP contribution >= 0.6 is 0 Å². The molecule has 1 atom stereocenters. The van der Waals surface area contributed by atoms with Crippen molar-refractivity contribution in [1.82, 2.24) is 14.6 Å². The van der Waals surface area contributed by atoms with Crippen LogP contribution in [0.3, 0.4) is 0 Å². The molecule has 1 aromatic heterocycles. The number of amides is 2. The van der Waals surface area contributed by atoms with Crippen molar-refractivity contribution in [3.63, 3.8) is 0 Å². The summed E-state index contributed by atoms with van der Waals surface area (Å²) in [4.78, 5) is 30.1. The summed E-state index contributed by atoms with van der Waals surface area (Å²) in [5.41, 5.74) is 1.56. The van der Waals surface area contributed by atoms with Gasteiger partial charge in [-0.3, -0.25) is 9.59 Å². The zero-order valence-electron chi connectivity index (χ0n) is 15.8. The van der Waals surface area contributed by atoms with E-state index in [1.807, 2.05) is 6.07 Å². The van der Waals surface area contributed by atoms with E-state index in [9.17, 15) is 18.0 Å². The van der Waals surface area contributed by atoms with Crippen LogP contribution in [-0.2, 0) is 21.2 Å². The van der Waals surface area contributed by atoms with Crippen molar-refractivity contribution in [1.29, 1.82) is 0 Å². The molecule has 0 spiro atoms. The number of methoxy groups -OCH3 is 1. The molecule has 3 rings (SSSR count). The Kier molecular flexibility index (Phi) is 5.37. The molecule has 0 saturated heterocycles. The van der Waals surface area contributed by atoms with Crippen LogP contribution in [0.2, 0.25) is 0 Å². The lowest BCUT2D eigenvalue weighted by Crippen LogP contribution is -2.36. The average Bonchev–Trinajstić information content (AvgIpc) is 3.11. The summed E-state index contributed by atoms with van der Waals surface area (Å²) in [6, 6.07) is 8.21. The third-order valence-electron chi connectivity index (χ3n) is 4.66. The van der Waals surface area contributed by atoms with Gasteiger partial charge in [-0.15, -0.1) is 0 Å². The predicted molar refractivity (Wildman–Crippen MR) is 102 cm³/mol. The monoisotopic (exact) mass is 403 g/mol.